The molecule has 8 heteroatoms. The molecular formula is C15H22ClN3O4. The van der Waals surface area contributed by atoms with E-state index in [2.05, 4.69) is 5.32 Å². The SMILES string of the molecule is CNCC1CCCN(C(=O)c2cc([N+](=O)[O-])ccc2OC)C1.Cl. The third-order valence-electron chi connectivity index (χ3n) is 3.92. The van der Waals surface area contributed by atoms with E-state index < -0.39 is 4.92 Å². The number of methoxy groups -OCH3 is 1. The van der Waals surface area contributed by atoms with E-state index in [-0.39, 0.29) is 29.6 Å². The first-order chi connectivity index (χ1) is 10.6. The molecule has 0 aliphatic carbocycles. The van der Waals surface area contributed by atoms with Crippen LogP contribution in [0.2, 0.25) is 0 Å². The average Bonchev–Trinajstić information content (AvgIpc) is 2.54. The van der Waals surface area contributed by atoms with Gasteiger partial charge in [0.05, 0.1) is 17.6 Å². The molecule has 0 aromatic heterocycles. The molecule has 1 atom stereocenters. The van der Waals surface area contributed by atoms with Crippen LogP contribution in [0.25, 0.3) is 0 Å². The van der Waals surface area contributed by atoms with E-state index in [1.807, 2.05) is 7.05 Å². The minimum absolute atomic E-state index is 0. The van der Waals surface area contributed by atoms with Crippen LogP contribution in [0.5, 0.6) is 5.75 Å². The second-order valence-corrected chi connectivity index (χ2v) is 5.46. The molecule has 1 heterocycles. The maximum Gasteiger partial charge on any atom is 0.270 e. The van der Waals surface area contributed by atoms with Gasteiger partial charge in [-0.15, -0.1) is 12.4 Å². The topological polar surface area (TPSA) is 84.7 Å². The molecule has 1 saturated heterocycles. The largest absolute Gasteiger partial charge is 0.496 e. The summed E-state index contributed by atoms with van der Waals surface area (Å²) >= 11 is 0. The smallest absolute Gasteiger partial charge is 0.270 e. The van der Waals surface area contributed by atoms with Crippen LogP contribution < -0.4 is 10.1 Å². The molecule has 1 N–H and O–H groups in total. The van der Waals surface area contributed by atoms with Crippen LogP contribution >= 0.6 is 12.4 Å². The van der Waals surface area contributed by atoms with Gasteiger partial charge in [0.15, 0.2) is 0 Å². The molecule has 7 nitrogen and oxygen atoms in total. The fourth-order valence-electron chi connectivity index (χ4n) is 2.85. The molecule has 0 spiro atoms. The van der Waals surface area contributed by atoms with Crippen molar-refractivity contribution >= 4 is 24.0 Å². The van der Waals surface area contributed by atoms with Crippen molar-refractivity contribution in [2.75, 3.05) is 33.8 Å². The predicted octanol–water partition coefficient (Wildman–Crippen LogP) is 2.10. The maximum atomic E-state index is 12.7. The molecule has 1 aliphatic rings. The number of ether oxygens (including phenoxy) is 1. The highest BCUT2D eigenvalue weighted by atomic mass is 35.5. The van der Waals surface area contributed by atoms with E-state index >= 15 is 0 Å². The van der Waals surface area contributed by atoms with Crippen molar-refractivity contribution in [2.45, 2.75) is 12.8 Å². The third kappa shape index (κ3) is 4.56. The minimum atomic E-state index is -0.504. The van der Waals surface area contributed by atoms with Crippen molar-refractivity contribution in [3.05, 3.63) is 33.9 Å². The average molecular weight is 344 g/mol. The Morgan fingerprint density at radius 3 is 2.87 bits per heavy atom. The van der Waals surface area contributed by atoms with Gasteiger partial charge in [0, 0.05) is 25.2 Å². The maximum absolute atomic E-state index is 12.7. The Hall–Kier alpha value is -1.86. The molecule has 0 saturated carbocycles. The Morgan fingerprint density at radius 1 is 1.52 bits per heavy atom. The predicted molar refractivity (Wildman–Crippen MR) is 89.5 cm³/mol. The third-order valence-corrected chi connectivity index (χ3v) is 3.92. The van der Waals surface area contributed by atoms with Crippen LogP contribution in [-0.2, 0) is 0 Å². The summed E-state index contributed by atoms with van der Waals surface area (Å²) in [4.78, 5) is 24.9. The van der Waals surface area contributed by atoms with Gasteiger partial charge in [0.1, 0.15) is 5.75 Å². The number of hydrogen-bond acceptors (Lipinski definition) is 5. The zero-order valence-corrected chi connectivity index (χ0v) is 14.1. The van der Waals surface area contributed by atoms with Gasteiger partial charge in [-0.2, -0.15) is 0 Å². The van der Waals surface area contributed by atoms with Gasteiger partial charge in [0.2, 0.25) is 0 Å². The summed E-state index contributed by atoms with van der Waals surface area (Å²) in [7, 11) is 3.35. The normalized spacial score (nSPS) is 17.3. The number of carbonyl (C=O) groups is 1. The number of benzene rings is 1. The zero-order chi connectivity index (χ0) is 16.1. The van der Waals surface area contributed by atoms with Crippen LogP contribution in [0.3, 0.4) is 0 Å². The Balaban J connectivity index is 0.00000264. The lowest BCUT2D eigenvalue weighted by molar-refractivity contribution is -0.384. The van der Waals surface area contributed by atoms with Gasteiger partial charge >= 0.3 is 0 Å². The number of piperidine rings is 1. The molecule has 0 bridgehead atoms. The van der Waals surface area contributed by atoms with Crippen molar-refractivity contribution in [1.29, 1.82) is 0 Å². The Labute approximate surface area is 141 Å². The van der Waals surface area contributed by atoms with Crippen LogP contribution in [0.15, 0.2) is 18.2 Å². The lowest BCUT2D eigenvalue weighted by atomic mass is 9.97. The number of likely N-dealkylation sites (tertiary alicyclic amines) is 1. The fraction of sp³-hybridized carbons (Fsp3) is 0.533. The van der Waals surface area contributed by atoms with E-state index in [4.69, 9.17) is 4.74 Å². The Kier molecular flexibility index (Phi) is 7.25. The first-order valence-electron chi connectivity index (χ1n) is 7.33. The highest BCUT2D eigenvalue weighted by molar-refractivity contribution is 5.97. The van der Waals surface area contributed by atoms with Crippen LogP contribution in [0, 0.1) is 16.0 Å². The first-order valence-corrected chi connectivity index (χ1v) is 7.33. The quantitative estimate of drug-likeness (QED) is 0.653. The van der Waals surface area contributed by atoms with Gasteiger partial charge in [0.25, 0.3) is 11.6 Å². The number of hydrogen-bond donors (Lipinski definition) is 1. The fourth-order valence-corrected chi connectivity index (χ4v) is 2.85. The van der Waals surface area contributed by atoms with E-state index in [9.17, 15) is 14.9 Å². The van der Waals surface area contributed by atoms with Gasteiger partial charge in [-0.05, 0) is 38.4 Å². The summed E-state index contributed by atoms with van der Waals surface area (Å²) in [5, 5.41) is 14.1. The summed E-state index contributed by atoms with van der Waals surface area (Å²) in [6.07, 6.45) is 2.02. The molecule has 1 aliphatic heterocycles. The second kappa shape index (κ2) is 8.69. The highest BCUT2D eigenvalue weighted by Crippen LogP contribution is 2.27. The lowest BCUT2D eigenvalue weighted by Crippen LogP contribution is -2.42. The molecule has 2 rings (SSSR count). The molecule has 128 valence electrons. The number of amides is 1. The molecule has 1 fully saturated rings. The monoisotopic (exact) mass is 343 g/mol. The van der Waals surface area contributed by atoms with E-state index in [1.165, 1.54) is 25.3 Å². The van der Waals surface area contributed by atoms with Gasteiger partial charge in [-0.1, -0.05) is 0 Å². The molecular weight excluding hydrogens is 322 g/mol. The number of halogens is 1. The number of rotatable bonds is 5. The van der Waals surface area contributed by atoms with E-state index in [0.29, 0.717) is 24.8 Å². The van der Waals surface area contributed by atoms with Crippen molar-refractivity contribution in [2.24, 2.45) is 5.92 Å². The number of nitrogens with one attached hydrogen (secondary N) is 1. The first kappa shape index (κ1) is 19.2. The van der Waals surface area contributed by atoms with Gasteiger partial charge in [-0.25, -0.2) is 0 Å². The summed E-state index contributed by atoms with van der Waals surface area (Å²) in [5.41, 5.74) is 0.148. The van der Waals surface area contributed by atoms with Crippen molar-refractivity contribution in [1.82, 2.24) is 10.2 Å². The van der Waals surface area contributed by atoms with Crippen LogP contribution in [-0.4, -0.2) is 49.5 Å². The minimum Gasteiger partial charge on any atom is -0.496 e. The molecule has 1 aromatic rings. The molecule has 23 heavy (non-hydrogen) atoms. The van der Waals surface area contributed by atoms with E-state index in [1.54, 1.807) is 4.90 Å². The molecule has 1 amide bonds. The van der Waals surface area contributed by atoms with Gasteiger partial charge in [-0.3, -0.25) is 14.9 Å². The van der Waals surface area contributed by atoms with Crippen molar-refractivity contribution in [3.63, 3.8) is 0 Å². The Bertz CT molecular complexity index is 566. The molecule has 0 radical (unpaired) electrons. The van der Waals surface area contributed by atoms with Crippen LogP contribution in [0.1, 0.15) is 23.2 Å². The number of carbonyl (C=O) groups excluding carboxylic acids is 1. The number of non-ortho nitro benzene ring substituents is 1. The standard InChI is InChI=1S/C15H21N3O4.ClH/c1-16-9-11-4-3-7-17(10-11)15(19)13-8-12(18(20)21)5-6-14(13)22-2;/h5-6,8,11,16H,3-4,7,9-10H2,1-2H3;1H. The summed E-state index contributed by atoms with van der Waals surface area (Å²) < 4.78 is 5.18. The molecule has 1 unspecified atom stereocenters. The van der Waals surface area contributed by atoms with E-state index in [0.717, 1.165) is 19.4 Å². The highest BCUT2D eigenvalue weighted by Gasteiger charge is 2.27. The lowest BCUT2D eigenvalue weighted by Gasteiger charge is -2.33. The number of nitro groups is 1. The molecule has 1 aromatic carbocycles. The number of nitrogens with zero attached hydrogens (tertiary/aromatic N) is 2. The summed E-state index contributed by atoms with van der Waals surface area (Å²) in [6, 6.07) is 4.11. The van der Waals surface area contributed by atoms with Gasteiger partial charge < -0.3 is 15.0 Å². The zero-order valence-electron chi connectivity index (χ0n) is 13.3. The second-order valence-electron chi connectivity index (χ2n) is 5.46. The summed E-state index contributed by atoms with van der Waals surface area (Å²) in [6.45, 7) is 2.19. The number of nitro benzene ring substituents is 1. The summed E-state index contributed by atoms with van der Waals surface area (Å²) in [5.74, 6) is 0.570. The van der Waals surface area contributed by atoms with Crippen LogP contribution in [0.4, 0.5) is 5.69 Å². The van der Waals surface area contributed by atoms with Crippen molar-refractivity contribution in [3.8, 4) is 5.75 Å². The van der Waals surface area contributed by atoms with Crippen molar-refractivity contribution < 1.29 is 14.5 Å². The Morgan fingerprint density at radius 2 is 2.26 bits per heavy atom.